The molecule has 0 aromatic heterocycles. The number of carbonyl (C=O) groups is 2. The lowest BCUT2D eigenvalue weighted by Crippen LogP contribution is -2.37. The van der Waals surface area contributed by atoms with Crippen molar-refractivity contribution < 1.29 is 19.8 Å². The lowest BCUT2D eigenvalue weighted by Gasteiger charge is -2.24. The third-order valence-electron chi connectivity index (χ3n) is 5.78. The number of amides is 2. The van der Waals surface area contributed by atoms with E-state index in [0.717, 1.165) is 12.8 Å². The molecule has 1 aromatic rings. The summed E-state index contributed by atoms with van der Waals surface area (Å²) < 4.78 is 0. The number of phenolic OH excluding ortho intramolecular Hbond substituents is 2. The van der Waals surface area contributed by atoms with Crippen molar-refractivity contribution in [3.05, 3.63) is 23.8 Å². The summed E-state index contributed by atoms with van der Waals surface area (Å²) >= 11 is 0. The molecule has 2 N–H and O–H groups in total. The number of benzene rings is 1. The monoisotopic (exact) mass is 374 g/mol. The Labute approximate surface area is 160 Å². The molecule has 3 rings (SSSR count). The van der Waals surface area contributed by atoms with Crippen molar-refractivity contribution in [2.45, 2.75) is 51.4 Å². The molecule has 1 saturated carbocycles. The quantitative estimate of drug-likeness (QED) is 0.848. The normalized spacial score (nSPS) is 19.0. The van der Waals surface area contributed by atoms with Crippen LogP contribution in [0.1, 0.15) is 61.7 Å². The first-order valence-electron chi connectivity index (χ1n) is 10.1. The highest BCUT2D eigenvalue weighted by atomic mass is 16.3. The molecule has 1 aliphatic heterocycles. The minimum atomic E-state index is -0.224. The molecule has 148 valence electrons. The average Bonchev–Trinajstić information content (AvgIpc) is 2.92. The van der Waals surface area contributed by atoms with Gasteiger partial charge in [-0.25, -0.2) is 0 Å². The van der Waals surface area contributed by atoms with E-state index in [9.17, 15) is 19.8 Å². The van der Waals surface area contributed by atoms with Crippen molar-refractivity contribution >= 4 is 11.8 Å². The van der Waals surface area contributed by atoms with Crippen LogP contribution in [0.2, 0.25) is 0 Å². The molecular weight excluding hydrogens is 344 g/mol. The molecule has 2 aliphatic rings. The Kier molecular flexibility index (Phi) is 6.58. The van der Waals surface area contributed by atoms with Crippen LogP contribution in [0.15, 0.2) is 18.2 Å². The summed E-state index contributed by atoms with van der Waals surface area (Å²) in [4.78, 5) is 28.8. The molecular formula is C21H30N2O4. The molecule has 0 atom stereocenters. The highest BCUT2D eigenvalue weighted by Crippen LogP contribution is 2.27. The molecule has 6 heteroatoms. The van der Waals surface area contributed by atoms with E-state index in [4.69, 9.17) is 0 Å². The van der Waals surface area contributed by atoms with E-state index in [2.05, 4.69) is 0 Å². The fraction of sp³-hybridized carbons (Fsp3) is 0.619. The summed E-state index contributed by atoms with van der Waals surface area (Å²) in [6.07, 6.45) is 8.77. The Balaban J connectivity index is 1.51. The Bertz CT molecular complexity index is 650. The predicted octanol–water partition coefficient (Wildman–Crippen LogP) is 3.13. The Morgan fingerprint density at radius 1 is 0.852 bits per heavy atom. The summed E-state index contributed by atoms with van der Waals surface area (Å²) in [6.45, 7) is 2.27. The largest absolute Gasteiger partial charge is 0.508 e. The van der Waals surface area contributed by atoms with Gasteiger partial charge < -0.3 is 20.0 Å². The van der Waals surface area contributed by atoms with Crippen LogP contribution in [0.4, 0.5) is 0 Å². The lowest BCUT2D eigenvalue weighted by molar-refractivity contribution is -0.131. The molecule has 0 bridgehead atoms. The third-order valence-corrected chi connectivity index (χ3v) is 5.78. The topological polar surface area (TPSA) is 81.1 Å². The van der Waals surface area contributed by atoms with E-state index in [0.29, 0.717) is 38.5 Å². The van der Waals surface area contributed by atoms with Crippen LogP contribution in [0, 0.1) is 5.92 Å². The number of hydrogen-bond donors (Lipinski definition) is 2. The van der Waals surface area contributed by atoms with Gasteiger partial charge >= 0.3 is 0 Å². The van der Waals surface area contributed by atoms with Crippen LogP contribution in [-0.4, -0.2) is 58.0 Å². The smallest absolute Gasteiger partial charge is 0.254 e. The van der Waals surface area contributed by atoms with E-state index >= 15 is 0 Å². The molecule has 1 saturated heterocycles. The summed E-state index contributed by atoms with van der Waals surface area (Å²) in [7, 11) is 0. The summed E-state index contributed by atoms with van der Waals surface area (Å²) in [5.74, 6) is 0.411. The van der Waals surface area contributed by atoms with Crippen LogP contribution in [0.25, 0.3) is 0 Å². The highest BCUT2D eigenvalue weighted by molar-refractivity contribution is 5.95. The van der Waals surface area contributed by atoms with Gasteiger partial charge in [0.2, 0.25) is 5.91 Å². The fourth-order valence-corrected chi connectivity index (χ4v) is 4.23. The van der Waals surface area contributed by atoms with Crippen LogP contribution < -0.4 is 0 Å². The standard InChI is InChI=1S/C21H30N2O4/c24-18-13-17(14-19(25)15-18)21(27)23-10-4-9-22(11-12-23)20(26)8-7-16-5-2-1-3-6-16/h13-16,24-25H,1-12H2. The SMILES string of the molecule is O=C(CCC1CCCCC1)N1CCCN(C(=O)c2cc(O)cc(O)c2)CC1. The number of hydrogen-bond acceptors (Lipinski definition) is 4. The van der Waals surface area contributed by atoms with Crippen LogP contribution in [-0.2, 0) is 4.79 Å². The van der Waals surface area contributed by atoms with Gasteiger partial charge in [0.1, 0.15) is 11.5 Å². The minimum absolute atomic E-state index is 0.132. The van der Waals surface area contributed by atoms with Gasteiger partial charge in [0.15, 0.2) is 0 Å². The third kappa shape index (κ3) is 5.37. The summed E-state index contributed by atoms with van der Waals surface area (Å²) in [5, 5.41) is 19.2. The Morgan fingerprint density at radius 2 is 1.48 bits per heavy atom. The molecule has 27 heavy (non-hydrogen) atoms. The van der Waals surface area contributed by atoms with Gasteiger partial charge in [-0.1, -0.05) is 32.1 Å². The fourth-order valence-electron chi connectivity index (χ4n) is 4.23. The van der Waals surface area contributed by atoms with E-state index in [1.54, 1.807) is 4.90 Å². The minimum Gasteiger partial charge on any atom is -0.508 e. The van der Waals surface area contributed by atoms with Crippen molar-refractivity contribution in [3.8, 4) is 11.5 Å². The van der Waals surface area contributed by atoms with Crippen LogP contribution >= 0.6 is 0 Å². The van der Waals surface area contributed by atoms with Crippen molar-refractivity contribution in [2.75, 3.05) is 26.2 Å². The number of aromatic hydroxyl groups is 2. The van der Waals surface area contributed by atoms with Gasteiger partial charge in [-0.2, -0.15) is 0 Å². The molecule has 1 aliphatic carbocycles. The molecule has 0 spiro atoms. The predicted molar refractivity (Wildman–Crippen MR) is 103 cm³/mol. The van der Waals surface area contributed by atoms with Gasteiger partial charge in [-0.15, -0.1) is 0 Å². The van der Waals surface area contributed by atoms with Gasteiger partial charge in [-0.05, 0) is 30.9 Å². The first kappa shape index (κ1) is 19.5. The van der Waals surface area contributed by atoms with Crippen molar-refractivity contribution in [1.82, 2.24) is 9.80 Å². The molecule has 1 heterocycles. The van der Waals surface area contributed by atoms with Crippen molar-refractivity contribution in [2.24, 2.45) is 5.92 Å². The maximum Gasteiger partial charge on any atom is 0.254 e. The van der Waals surface area contributed by atoms with Crippen molar-refractivity contribution in [1.29, 1.82) is 0 Å². The second-order valence-electron chi connectivity index (χ2n) is 7.81. The number of carbonyl (C=O) groups excluding carboxylic acids is 2. The van der Waals surface area contributed by atoms with E-state index < -0.39 is 0 Å². The van der Waals surface area contributed by atoms with Gasteiger partial charge in [0.05, 0.1) is 0 Å². The molecule has 0 radical (unpaired) electrons. The zero-order valence-corrected chi connectivity index (χ0v) is 15.9. The number of rotatable bonds is 4. The molecule has 2 fully saturated rings. The maximum atomic E-state index is 12.7. The zero-order valence-electron chi connectivity index (χ0n) is 15.9. The summed E-state index contributed by atoms with van der Waals surface area (Å²) in [5.41, 5.74) is 0.268. The molecule has 6 nitrogen and oxygen atoms in total. The van der Waals surface area contributed by atoms with Crippen LogP contribution in [0.3, 0.4) is 0 Å². The Hall–Kier alpha value is -2.24. The second kappa shape index (κ2) is 9.11. The second-order valence-corrected chi connectivity index (χ2v) is 7.81. The first-order valence-corrected chi connectivity index (χ1v) is 10.1. The van der Waals surface area contributed by atoms with E-state index in [-0.39, 0.29) is 28.9 Å². The molecule has 0 unspecified atom stereocenters. The molecule has 1 aromatic carbocycles. The molecule has 2 amide bonds. The maximum absolute atomic E-state index is 12.7. The Morgan fingerprint density at radius 3 is 2.19 bits per heavy atom. The van der Waals surface area contributed by atoms with E-state index in [1.165, 1.54) is 50.3 Å². The average molecular weight is 374 g/mol. The highest BCUT2D eigenvalue weighted by Gasteiger charge is 2.24. The number of phenols is 2. The summed E-state index contributed by atoms with van der Waals surface area (Å²) in [6, 6.07) is 3.92. The lowest BCUT2D eigenvalue weighted by atomic mass is 9.86. The number of nitrogens with zero attached hydrogens (tertiary/aromatic N) is 2. The zero-order chi connectivity index (χ0) is 19.2. The van der Waals surface area contributed by atoms with Crippen LogP contribution in [0.5, 0.6) is 11.5 Å². The van der Waals surface area contributed by atoms with Gasteiger partial charge in [0, 0.05) is 44.2 Å². The van der Waals surface area contributed by atoms with Crippen molar-refractivity contribution in [3.63, 3.8) is 0 Å². The first-order chi connectivity index (χ1) is 13.0. The van der Waals surface area contributed by atoms with Gasteiger partial charge in [-0.3, -0.25) is 9.59 Å². The van der Waals surface area contributed by atoms with Gasteiger partial charge in [0.25, 0.3) is 5.91 Å². The van der Waals surface area contributed by atoms with E-state index in [1.807, 2.05) is 4.90 Å².